The van der Waals surface area contributed by atoms with E-state index in [1.165, 1.54) is 6.07 Å². The molecule has 1 unspecified atom stereocenters. The molecule has 1 N–H and O–H groups in total. The van der Waals surface area contributed by atoms with E-state index < -0.39 is 12.6 Å². The molecule has 0 spiro atoms. The van der Waals surface area contributed by atoms with Crippen LogP contribution >= 0.6 is 11.6 Å². The first-order chi connectivity index (χ1) is 12.5. The summed E-state index contributed by atoms with van der Waals surface area (Å²) < 4.78 is 16.2. The molecule has 0 aromatic heterocycles. The fourth-order valence-electron chi connectivity index (χ4n) is 2.92. The average molecular weight is 377 g/mol. The minimum Gasteiger partial charge on any atom is -0.494 e. The fraction of sp³-hybridized carbons (Fsp3) is 0.263. The number of rotatable bonds is 6. The van der Waals surface area contributed by atoms with Gasteiger partial charge < -0.3 is 19.3 Å². The number of carboxylic acid groups (broad SMARTS) is 1. The number of esters is 1. The SMILES string of the molecule is CCOc1ccc(Cl)cc1C1CC(=O)Oc2cc(OCC(=O)O)ccc21. The Kier molecular flexibility index (Phi) is 5.32. The minimum absolute atomic E-state index is 0.156. The molecule has 0 saturated heterocycles. The van der Waals surface area contributed by atoms with Gasteiger partial charge in [0.2, 0.25) is 0 Å². The van der Waals surface area contributed by atoms with Crippen LogP contribution in [-0.2, 0) is 9.59 Å². The Hall–Kier alpha value is -2.73. The highest BCUT2D eigenvalue weighted by molar-refractivity contribution is 6.30. The van der Waals surface area contributed by atoms with Gasteiger partial charge in [0, 0.05) is 28.1 Å². The largest absolute Gasteiger partial charge is 0.494 e. The Labute approximate surface area is 155 Å². The standard InChI is InChI=1S/C19H17ClO6/c1-2-24-16-6-3-11(20)7-15(16)14-9-19(23)26-17-8-12(4-5-13(14)17)25-10-18(21)22/h3-8,14H,2,9-10H2,1H3,(H,21,22). The molecule has 1 aliphatic rings. The number of benzene rings is 2. The second-order valence-corrected chi connectivity index (χ2v) is 6.16. The number of carbonyl (C=O) groups is 2. The van der Waals surface area contributed by atoms with Crippen molar-refractivity contribution in [2.45, 2.75) is 19.3 Å². The molecule has 136 valence electrons. The number of halogens is 1. The van der Waals surface area contributed by atoms with Crippen molar-refractivity contribution in [3.05, 3.63) is 52.5 Å². The number of aliphatic carboxylic acids is 1. The Bertz CT molecular complexity index is 848. The lowest BCUT2D eigenvalue weighted by Gasteiger charge is -2.26. The molecular weight excluding hydrogens is 360 g/mol. The quantitative estimate of drug-likeness (QED) is 0.612. The number of carboxylic acids is 1. The van der Waals surface area contributed by atoms with Gasteiger partial charge in [0.05, 0.1) is 13.0 Å². The van der Waals surface area contributed by atoms with Gasteiger partial charge in [-0.25, -0.2) is 4.79 Å². The van der Waals surface area contributed by atoms with Gasteiger partial charge in [-0.2, -0.15) is 0 Å². The van der Waals surface area contributed by atoms with Crippen LogP contribution in [-0.4, -0.2) is 30.3 Å². The molecule has 0 amide bonds. The Morgan fingerprint density at radius 1 is 1.23 bits per heavy atom. The molecule has 26 heavy (non-hydrogen) atoms. The van der Waals surface area contributed by atoms with Crippen LogP contribution in [0.3, 0.4) is 0 Å². The first-order valence-corrected chi connectivity index (χ1v) is 8.47. The van der Waals surface area contributed by atoms with Crippen molar-refractivity contribution in [2.75, 3.05) is 13.2 Å². The lowest BCUT2D eigenvalue weighted by molar-refractivity contribution is -0.139. The van der Waals surface area contributed by atoms with E-state index in [0.29, 0.717) is 28.9 Å². The molecule has 7 heteroatoms. The topological polar surface area (TPSA) is 82.1 Å². The van der Waals surface area contributed by atoms with Gasteiger partial charge in [0.15, 0.2) is 6.61 Å². The predicted molar refractivity (Wildman–Crippen MR) is 94.3 cm³/mol. The van der Waals surface area contributed by atoms with E-state index in [0.717, 1.165) is 11.1 Å². The molecule has 0 saturated carbocycles. The number of carbonyl (C=O) groups excluding carboxylic acids is 1. The summed E-state index contributed by atoms with van der Waals surface area (Å²) in [7, 11) is 0. The molecule has 0 radical (unpaired) electrons. The number of ether oxygens (including phenoxy) is 3. The Morgan fingerprint density at radius 3 is 2.77 bits per heavy atom. The third-order valence-electron chi connectivity index (χ3n) is 3.96. The van der Waals surface area contributed by atoms with E-state index in [1.807, 2.05) is 6.92 Å². The Balaban J connectivity index is 2.00. The lowest BCUT2D eigenvalue weighted by atomic mass is 9.86. The van der Waals surface area contributed by atoms with E-state index in [4.69, 9.17) is 30.9 Å². The highest BCUT2D eigenvalue weighted by atomic mass is 35.5. The molecule has 2 aromatic rings. The zero-order valence-electron chi connectivity index (χ0n) is 14.0. The average Bonchev–Trinajstić information content (AvgIpc) is 2.60. The maximum absolute atomic E-state index is 12.1. The molecule has 0 fully saturated rings. The van der Waals surface area contributed by atoms with Gasteiger partial charge in [0.1, 0.15) is 17.2 Å². The predicted octanol–water partition coefficient (Wildman–Crippen LogP) is 3.64. The van der Waals surface area contributed by atoms with Crippen LogP contribution in [0, 0.1) is 0 Å². The summed E-state index contributed by atoms with van der Waals surface area (Å²) in [5.41, 5.74) is 1.59. The van der Waals surface area contributed by atoms with Crippen LogP contribution in [0.25, 0.3) is 0 Å². The van der Waals surface area contributed by atoms with Crippen molar-refractivity contribution in [3.8, 4) is 17.2 Å². The summed E-state index contributed by atoms with van der Waals surface area (Å²) in [5.74, 6) is -0.431. The highest BCUT2D eigenvalue weighted by Crippen LogP contribution is 2.44. The van der Waals surface area contributed by atoms with E-state index in [-0.39, 0.29) is 18.3 Å². The molecule has 1 atom stereocenters. The highest BCUT2D eigenvalue weighted by Gasteiger charge is 2.31. The monoisotopic (exact) mass is 376 g/mol. The normalized spacial score (nSPS) is 15.8. The first-order valence-electron chi connectivity index (χ1n) is 8.09. The van der Waals surface area contributed by atoms with Crippen molar-refractivity contribution in [1.82, 2.24) is 0 Å². The zero-order valence-corrected chi connectivity index (χ0v) is 14.8. The molecule has 3 rings (SSSR count). The smallest absolute Gasteiger partial charge is 0.341 e. The summed E-state index contributed by atoms with van der Waals surface area (Å²) in [4.78, 5) is 22.8. The van der Waals surface area contributed by atoms with Gasteiger partial charge in [-0.15, -0.1) is 0 Å². The van der Waals surface area contributed by atoms with Crippen molar-refractivity contribution in [1.29, 1.82) is 0 Å². The number of fused-ring (bicyclic) bond motifs is 1. The fourth-order valence-corrected chi connectivity index (χ4v) is 3.10. The van der Waals surface area contributed by atoms with Gasteiger partial charge in [-0.05, 0) is 31.2 Å². The molecule has 6 nitrogen and oxygen atoms in total. The minimum atomic E-state index is -1.09. The van der Waals surface area contributed by atoms with Crippen LogP contribution in [0.5, 0.6) is 17.2 Å². The number of hydrogen-bond donors (Lipinski definition) is 1. The van der Waals surface area contributed by atoms with Gasteiger partial charge >= 0.3 is 11.9 Å². The third-order valence-corrected chi connectivity index (χ3v) is 4.20. The summed E-state index contributed by atoms with van der Waals surface area (Å²) >= 11 is 6.15. The van der Waals surface area contributed by atoms with Gasteiger partial charge in [0.25, 0.3) is 0 Å². The first kappa shape index (κ1) is 18.1. The lowest BCUT2D eigenvalue weighted by Crippen LogP contribution is -2.21. The number of hydrogen-bond acceptors (Lipinski definition) is 5. The van der Waals surface area contributed by atoms with Crippen LogP contribution in [0.1, 0.15) is 30.4 Å². The van der Waals surface area contributed by atoms with Crippen LogP contribution < -0.4 is 14.2 Å². The summed E-state index contributed by atoms with van der Waals surface area (Å²) in [6, 6.07) is 10.2. The van der Waals surface area contributed by atoms with Crippen LogP contribution in [0.2, 0.25) is 5.02 Å². The summed E-state index contributed by atoms with van der Waals surface area (Å²) in [5, 5.41) is 9.26. The maximum atomic E-state index is 12.1. The molecular formula is C19H17ClO6. The molecule has 1 heterocycles. The molecule has 0 aliphatic carbocycles. The molecule has 0 bridgehead atoms. The van der Waals surface area contributed by atoms with Crippen molar-refractivity contribution >= 4 is 23.5 Å². The van der Waals surface area contributed by atoms with Gasteiger partial charge in [-0.3, -0.25) is 4.79 Å². The maximum Gasteiger partial charge on any atom is 0.341 e. The van der Waals surface area contributed by atoms with E-state index >= 15 is 0 Å². The van der Waals surface area contributed by atoms with Crippen molar-refractivity contribution in [3.63, 3.8) is 0 Å². The third kappa shape index (κ3) is 3.91. The van der Waals surface area contributed by atoms with E-state index in [9.17, 15) is 9.59 Å². The van der Waals surface area contributed by atoms with Crippen LogP contribution in [0.15, 0.2) is 36.4 Å². The summed E-state index contributed by atoms with van der Waals surface area (Å²) in [6.45, 7) is 1.90. The van der Waals surface area contributed by atoms with E-state index in [2.05, 4.69) is 0 Å². The molecule has 1 aliphatic heterocycles. The van der Waals surface area contributed by atoms with Gasteiger partial charge in [-0.1, -0.05) is 17.7 Å². The second-order valence-electron chi connectivity index (χ2n) is 5.73. The summed E-state index contributed by atoms with van der Waals surface area (Å²) in [6.07, 6.45) is 0.156. The van der Waals surface area contributed by atoms with E-state index in [1.54, 1.807) is 30.3 Å². The van der Waals surface area contributed by atoms with Crippen LogP contribution in [0.4, 0.5) is 0 Å². The second kappa shape index (κ2) is 7.66. The van der Waals surface area contributed by atoms with Crippen molar-refractivity contribution in [2.24, 2.45) is 0 Å². The zero-order chi connectivity index (χ0) is 18.7. The Morgan fingerprint density at radius 2 is 2.04 bits per heavy atom. The molecule has 2 aromatic carbocycles. The van der Waals surface area contributed by atoms with Crippen molar-refractivity contribution < 1.29 is 28.9 Å².